The third-order valence-electron chi connectivity index (χ3n) is 2.85. The first-order valence-corrected chi connectivity index (χ1v) is 6.85. The van der Waals surface area contributed by atoms with Crippen LogP contribution < -0.4 is 15.8 Å². The van der Waals surface area contributed by atoms with Crippen LogP contribution in [0.2, 0.25) is 0 Å². The molecule has 0 saturated heterocycles. The molecule has 0 radical (unpaired) electrons. The second-order valence-corrected chi connectivity index (χ2v) is 5.12. The highest BCUT2D eigenvalue weighted by atomic mass is 79.9. The lowest BCUT2D eigenvalue weighted by Gasteiger charge is -2.09. The Morgan fingerprint density at radius 3 is 2.60 bits per heavy atom. The minimum atomic E-state index is -0.160. The predicted molar refractivity (Wildman–Crippen MR) is 82.7 cm³/mol. The van der Waals surface area contributed by atoms with Gasteiger partial charge in [-0.25, -0.2) is 0 Å². The van der Waals surface area contributed by atoms with E-state index in [0.717, 1.165) is 10.0 Å². The number of hydrogen-bond donors (Lipinski definition) is 2. The summed E-state index contributed by atoms with van der Waals surface area (Å²) in [6.07, 6.45) is 0. The summed E-state index contributed by atoms with van der Waals surface area (Å²) in [6.45, 7) is 0.447. The SMILES string of the molecule is COc1ccc(Br)c(C(=O)NCc2ccc(N)cc2)c1. The van der Waals surface area contributed by atoms with Gasteiger partial charge in [-0.1, -0.05) is 12.1 Å². The van der Waals surface area contributed by atoms with E-state index in [4.69, 9.17) is 10.5 Å². The summed E-state index contributed by atoms with van der Waals surface area (Å²) >= 11 is 3.36. The molecule has 20 heavy (non-hydrogen) atoms. The highest BCUT2D eigenvalue weighted by Gasteiger charge is 2.11. The van der Waals surface area contributed by atoms with E-state index < -0.39 is 0 Å². The first-order valence-electron chi connectivity index (χ1n) is 6.06. The fourth-order valence-corrected chi connectivity index (χ4v) is 2.15. The molecule has 0 unspecified atom stereocenters. The Morgan fingerprint density at radius 2 is 1.95 bits per heavy atom. The smallest absolute Gasteiger partial charge is 0.252 e. The fourth-order valence-electron chi connectivity index (χ4n) is 1.72. The number of anilines is 1. The zero-order chi connectivity index (χ0) is 14.5. The number of nitrogens with two attached hydrogens (primary N) is 1. The van der Waals surface area contributed by atoms with Crippen LogP contribution in [0.4, 0.5) is 5.69 Å². The van der Waals surface area contributed by atoms with Crippen LogP contribution in [-0.2, 0) is 6.54 Å². The second-order valence-electron chi connectivity index (χ2n) is 4.27. The largest absolute Gasteiger partial charge is 0.497 e. The van der Waals surface area contributed by atoms with Gasteiger partial charge in [0.15, 0.2) is 0 Å². The molecule has 0 aliphatic carbocycles. The molecule has 0 aliphatic rings. The van der Waals surface area contributed by atoms with Crippen LogP contribution in [0.25, 0.3) is 0 Å². The van der Waals surface area contributed by atoms with Crippen molar-refractivity contribution >= 4 is 27.5 Å². The number of benzene rings is 2. The van der Waals surface area contributed by atoms with Gasteiger partial charge in [0.2, 0.25) is 0 Å². The molecular formula is C15H15BrN2O2. The van der Waals surface area contributed by atoms with E-state index in [-0.39, 0.29) is 5.91 Å². The molecule has 2 aromatic carbocycles. The molecule has 1 amide bonds. The lowest BCUT2D eigenvalue weighted by atomic mass is 10.1. The first-order chi connectivity index (χ1) is 9.60. The fraction of sp³-hybridized carbons (Fsp3) is 0.133. The quantitative estimate of drug-likeness (QED) is 0.845. The average Bonchev–Trinajstić information content (AvgIpc) is 2.47. The number of carbonyl (C=O) groups is 1. The maximum absolute atomic E-state index is 12.2. The molecule has 0 saturated carbocycles. The van der Waals surface area contributed by atoms with Crippen molar-refractivity contribution in [3.63, 3.8) is 0 Å². The molecule has 0 spiro atoms. The van der Waals surface area contributed by atoms with E-state index in [0.29, 0.717) is 23.5 Å². The van der Waals surface area contributed by atoms with Crippen molar-refractivity contribution < 1.29 is 9.53 Å². The summed E-state index contributed by atoms with van der Waals surface area (Å²) in [5, 5.41) is 2.86. The molecule has 0 aliphatic heterocycles. The molecule has 104 valence electrons. The van der Waals surface area contributed by atoms with Crippen molar-refractivity contribution in [1.29, 1.82) is 0 Å². The van der Waals surface area contributed by atoms with E-state index in [1.165, 1.54) is 0 Å². The number of nitrogen functional groups attached to an aromatic ring is 1. The Kier molecular flexibility index (Phi) is 4.63. The van der Waals surface area contributed by atoms with Crippen molar-refractivity contribution in [1.82, 2.24) is 5.32 Å². The van der Waals surface area contributed by atoms with Crippen LogP contribution in [-0.4, -0.2) is 13.0 Å². The van der Waals surface area contributed by atoms with E-state index in [2.05, 4.69) is 21.2 Å². The van der Waals surface area contributed by atoms with Gasteiger partial charge in [-0.05, 0) is 51.8 Å². The standard InChI is InChI=1S/C15H15BrN2O2/c1-20-12-6-7-14(16)13(8-12)15(19)18-9-10-2-4-11(17)5-3-10/h2-8H,9,17H2,1H3,(H,18,19). The highest BCUT2D eigenvalue weighted by molar-refractivity contribution is 9.10. The number of carbonyl (C=O) groups excluding carboxylic acids is 1. The number of methoxy groups -OCH3 is 1. The monoisotopic (exact) mass is 334 g/mol. The third kappa shape index (κ3) is 3.51. The molecule has 5 heteroatoms. The molecule has 2 rings (SSSR count). The average molecular weight is 335 g/mol. The number of nitrogens with one attached hydrogen (secondary N) is 1. The van der Waals surface area contributed by atoms with Gasteiger partial charge in [0, 0.05) is 16.7 Å². The summed E-state index contributed by atoms with van der Waals surface area (Å²) in [7, 11) is 1.57. The molecule has 4 nitrogen and oxygen atoms in total. The number of amides is 1. The lowest BCUT2D eigenvalue weighted by molar-refractivity contribution is 0.0950. The Morgan fingerprint density at radius 1 is 1.25 bits per heavy atom. The summed E-state index contributed by atoms with van der Waals surface area (Å²) in [5.41, 5.74) is 7.86. The summed E-state index contributed by atoms with van der Waals surface area (Å²) in [6, 6.07) is 12.7. The van der Waals surface area contributed by atoms with Crippen molar-refractivity contribution in [3.05, 3.63) is 58.1 Å². The molecule has 0 fully saturated rings. The number of halogens is 1. The minimum Gasteiger partial charge on any atom is -0.497 e. The maximum Gasteiger partial charge on any atom is 0.252 e. The predicted octanol–water partition coefficient (Wildman–Crippen LogP) is 2.97. The topological polar surface area (TPSA) is 64.3 Å². The van der Waals surface area contributed by atoms with Crippen LogP contribution in [0.3, 0.4) is 0 Å². The van der Waals surface area contributed by atoms with Gasteiger partial charge in [-0.3, -0.25) is 4.79 Å². The van der Waals surface area contributed by atoms with Crippen molar-refractivity contribution in [2.24, 2.45) is 0 Å². The number of rotatable bonds is 4. The second kappa shape index (κ2) is 6.43. The van der Waals surface area contributed by atoms with E-state index in [1.54, 1.807) is 25.3 Å². The van der Waals surface area contributed by atoms with Crippen LogP contribution in [0.15, 0.2) is 46.9 Å². The van der Waals surface area contributed by atoms with Gasteiger partial charge < -0.3 is 15.8 Å². The van der Waals surface area contributed by atoms with Crippen molar-refractivity contribution in [2.75, 3.05) is 12.8 Å². The van der Waals surface area contributed by atoms with Gasteiger partial charge in [0.05, 0.1) is 12.7 Å². The number of hydrogen-bond acceptors (Lipinski definition) is 3. The van der Waals surface area contributed by atoms with Crippen LogP contribution >= 0.6 is 15.9 Å². The van der Waals surface area contributed by atoms with Gasteiger partial charge in [-0.15, -0.1) is 0 Å². The Balaban J connectivity index is 2.06. The van der Waals surface area contributed by atoms with Gasteiger partial charge in [0.1, 0.15) is 5.75 Å². The summed E-state index contributed by atoms with van der Waals surface area (Å²) in [5.74, 6) is 0.485. The molecule has 0 atom stereocenters. The van der Waals surface area contributed by atoms with Crippen molar-refractivity contribution in [3.8, 4) is 5.75 Å². The zero-order valence-corrected chi connectivity index (χ0v) is 12.6. The van der Waals surface area contributed by atoms with Crippen LogP contribution in [0, 0.1) is 0 Å². The third-order valence-corrected chi connectivity index (χ3v) is 3.54. The molecular weight excluding hydrogens is 320 g/mol. The lowest BCUT2D eigenvalue weighted by Crippen LogP contribution is -2.23. The van der Waals surface area contributed by atoms with Gasteiger partial charge >= 0.3 is 0 Å². The van der Waals surface area contributed by atoms with Crippen LogP contribution in [0.1, 0.15) is 15.9 Å². The molecule has 0 bridgehead atoms. The van der Waals surface area contributed by atoms with Gasteiger partial charge in [-0.2, -0.15) is 0 Å². The first kappa shape index (κ1) is 14.4. The minimum absolute atomic E-state index is 0.160. The van der Waals surface area contributed by atoms with E-state index in [1.807, 2.05) is 24.3 Å². The molecule has 0 aromatic heterocycles. The summed E-state index contributed by atoms with van der Waals surface area (Å²) < 4.78 is 5.85. The Hall–Kier alpha value is -2.01. The Bertz CT molecular complexity index is 612. The maximum atomic E-state index is 12.2. The Labute approximate surface area is 126 Å². The van der Waals surface area contributed by atoms with Crippen molar-refractivity contribution in [2.45, 2.75) is 6.54 Å². The molecule has 0 heterocycles. The zero-order valence-electron chi connectivity index (χ0n) is 11.0. The molecule has 3 N–H and O–H groups in total. The highest BCUT2D eigenvalue weighted by Crippen LogP contribution is 2.22. The summed E-state index contributed by atoms with van der Waals surface area (Å²) in [4.78, 5) is 12.2. The number of ether oxygens (including phenoxy) is 1. The molecule has 2 aromatic rings. The van der Waals surface area contributed by atoms with E-state index >= 15 is 0 Å². The van der Waals surface area contributed by atoms with Gasteiger partial charge in [0.25, 0.3) is 5.91 Å². The van der Waals surface area contributed by atoms with E-state index in [9.17, 15) is 4.79 Å². The normalized spacial score (nSPS) is 10.1. The van der Waals surface area contributed by atoms with Crippen LogP contribution in [0.5, 0.6) is 5.75 Å².